The van der Waals surface area contributed by atoms with E-state index in [0.717, 1.165) is 25.7 Å². The summed E-state index contributed by atoms with van der Waals surface area (Å²) in [5.74, 6) is 0.233. The minimum atomic E-state index is -2.87. The Morgan fingerprint density at radius 1 is 1.04 bits per heavy atom. The van der Waals surface area contributed by atoms with Crippen molar-refractivity contribution in [3.8, 4) is 17.2 Å². The van der Waals surface area contributed by atoms with Crippen molar-refractivity contribution < 1.29 is 34.4 Å². The number of rotatable bonds is 9. The van der Waals surface area contributed by atoms with E-state index in [9.17, 15) is 9.67 Å². The van der Waals surface area contributed by atoms with Crippen molar-refractivity contribution in [2.24, 2.45) is 0 Å². The molecule has 0 saturated carbocycles. The van der Waals surface area contributed by atoms with E-state index >= 15 is 0 Å². The standard InChI is InChI=1S/C16H19O6P.H2O/c17-9-5-1-2-6-10-21-15-11-14(18)16(22-23(19)20)13-8-4-3-7-12(13)15;/h3-4,7-8,11,17H,1-2,5-6,9-10H2,(H-,18,19,20);1H2/p+1. The van der Waals surface area contributed by atoms with E-state index in [4.69, 9.17) is 19.3 Å². The van der Waals surface area contributed by atoms with Crippen LogP contribution in [0.25, 0.3) is 10.8 Å². The largest absolute Gasteiger partial charge is 0.747 e. The number of fused-ring (bicyclic) bond motifs is 1. The van der Waals surface area contributed by atoms with E-state index in [1.165, 1.54) is 6.07 Å². The Morgan fingerprint density at radius 3 is 2.38 bits per heavy atom. The molecule has 0 spiro atoms. The Bertz CT molecular complexity index is 675. The first-order valence-corrected chi connectivity index (χ1v) is 8.59. The summed E-state index contributed by atoms with van der Waals surface area (Å²) in [5.41, 5.74) is 0. The number of phenols is 1. The van der Waals surface area contributed by atoms with E-state index in [1.807, 2.05) is 6.07 Å². The molecule has 0 bridgehead atoms. The molecule has 0 aromatic heterocycles. The van der Waals surface area contributed by atoms with Gasteiger partial charge in [0.1, 0.15) is 5.75 Å². The Hall–Kier alpha value is -1.92. The van der Waals surface area contributed by atoms with Gasteiger partial charge in [-0.15, -0.1) is 4.89 Å². The summed E-state index contributed by atoms with van der Waals surface area (Å²) in [6, 6.07) is 8.45. The van der Waals surface area contributed by atoms with Gasteiger partial charge in [-0.1, -0.05) is 30.7 Å². The van der Waals surface area contributed by atoms with Gasteiger partial charge in [-0.2, -0.15) is 0 Å². The molecule has 24 heavy (non-hydrogen) atoms. The smallest absolute Gasteiger partial charge is 0.504 e. The summed E-state index contributed by atoms with van der Waals surface area (Å²) in [7, 11) is -2.87. The zero-order valence-electron chi connectivity index (χ0n) is 13.1. The summed E-state index contributed by atoms with van der Waals surface area (Å²) in [5, 5.41) is 20.0. The topological polar surface area (TPSA) is 128 Å². The number of ether oxygens (including phenoxy) is 1. The van der Waals surface area contributed by atoms with Crippen molar-refractivity contribution in [2.75, 3.05) is 13.2 Å². The van der Waals surface area contributed by atoms with Crippen LogP contribution in [0.1, 0.15) is 25.7 Å². The summed E-state index contributed by atoms with van der Waals surface area (Å²) >= 11 is 0. The zero-order chi connectivity index (χ0) is 16.7. The molecule has 7 nitrogen and oxygen atoms in total. The zero-order valence-corrected chi connectivity index (χ0v) is 14.0. The molecule has 0 radical (unpaired) electrons. The van der Waals surface area contributed by atoms with Gasteiger partial charge >= 0.3 is 8.25 Å². The lowest BCUT2D eigenvalue weighted by atomic mass is 10.1. The van der Waals surface area contributed by atoms with Crippen LogP contribution in [0.5, 0.6) is 17.2 Å². The van der Waals surface area contributed by atoms with Gasteiger partial charge in [0.25, 0.3) is 0 Å². The molecule has 1 atom stereocenters. The second-order valence-corrected chi connectivity index (χ2v) is 5.74. The highest BCUT2D eigenvalue weighted by Crippen LogP contribution is 2.43. The maximum absolute atomic E-state index is 10.9. The normalized spacial score (nSPS) is 11.0. The second-order valence-electron chi connectivity index (χ2n) is 5.08. The second kappa shape index (κ2) is 10.1. The third-order valence-corrected chi connectivity index (χ3v) is 3.76. The first-order chi connectivity index (χ1) is 11.1. The Kier molecular flexibility index (Phi) is 8.43. The number of hydrogen-bond donors (Lipinski definition) is 3. The van der Waals surface area contributed by atoms with Gasteiger partial charge in [-0.25, -0.2) is 4.52 Å². The van der Waals surface area contributed by atoms with Crippen molar-refractivity contribution in [1.29, 1.82) is 0 Å². The summed E-state index contributed by atoms with van der Waals surface area (Å²) in [6.07, 6.45) is 3.53. The monoisotopic (exact) mass is 357 g/mol. The van der Waals surface area contributed by atoms with Gasteiger partial charge in [0.05, 0.1) is 6.61 Å². The van der Waals surface area contributed by atoms with Gasteiger partial charge in [-0.05, 0) is 19.3 Å². The summed E-state index contributed by atoms with van der Waals surface area (Å²) in [6.45, 7) is 0.692. The number of unbranched alkanes of at least 4 members (excludes halogenated alkanes) is 3. The van der Waals surface area contributed by atoms with Crippen LogP contribution in [0.3, 0.4) is 0 Å². The average molecular weight is 357 g/mol. The molecule has 0 aliphatic heterocycles. The Labute approximate surface area is 140 Å². The van der Waals surface area contributed by atoms with Crippen LogP contribution < -0.4 is 9.26 Å². The van der Waals surface area contributed by atoms with Crippen molar-refractivity contribution in [1.82, 2.24) is 0 Å². The van der Waals surface area contributed by atoms with Gasteiger partial charge < -0.3 is 20.4 Å². The number of aromatic hydroxyl groups is 1. The summed E-state index contributed by atoms with van der Waals surface area (Å²) in [4.78, 5) is 8.93. The molecule has 1 unspecified atom stereocenters. The van der Waals surface area contributed by atoms with Crippen LogP contribution in [0.15, 0.2) is 30.3 Å². The lowest BCUT2D eigenvalue weighted by Crippen LogP contribution is -1.99. The van der Waals surface area contributed by atoms with E-state index in [0.29, 0.717) is 23.1 Å². The molecule has 0 amide bonds. The molecule has 0 aliphatic rings. The van der Waals surface area contributed by atoms with Gasteiger partial charge in [-0.3, -0.25) is 0 Å². The number of benzene rings is 2. The maximum atomic E-state index is 10.9. The highest BCUT2D eigenvalue weighted by molar-refractivity contribution is 7.32. The molecule has 0 aliphatic carbocycles. The van der Waals surface area contributed by atoms with E-state index in [1.54, 1.807) is 18.2 Å². The van der Waals surface area contributed by atoms with Crippen molar-refractivity contribution >= 4 is 19.0 Å². The molecule has 0 fully saturated rings. The fourth-order valence-corrected chi connectivity index (χ4v) is 2.69. The molecule has 5 N–H and O–H groups in total. The minimum absolute atomic E-state index is 0. The van der Waals surface area contributed by atoms with Crippen LogP contribution in [-0.2, 0) is 4.57 Å². The van der Waals surface area contributed by atoms with Crippen LogP contribution >= 0.6 is 8.25 Å². The number of aliphatic hydroxyl groups excluding tert-OH is 1. The van der Waals surface area contributed by atoms with Crippen molar-refractivity contribution in [3.63, 3.8) is 0 Å². The SMILES string of the molecule is O.O=[P+](O)Oc1c(O)cc(OCCCCCCO)c2ccccc12. The van der Waals surface area contributed by atoms with Crippen LogP contribution in [-0.4, -0.2) is 33.8 Å². The quantitative estimate of drug-likeness (QED) is 0.468. The van der Waals surface area contributed by atoms with E-state index in [2.05, 4.69) is 0 Å². The molecule has 0 heterocycles. The first-order valence-electron chi connectivity index (χ1n) is 7.46. The van der Waals surface area contributed by atoms with Gasteiger partial charge in [0.15, 0.2) is 5.75 Å². The number of aliphatic hydroxyl groups is 1. The predicted molar refractivity (Wildman–Crippen MR) is 90.7 cm³/mol. The Balaban J connectivity index is 0.00000288. The average Bonchev–Trinajstić information content (AvgIpc) is 2.54. The van der Waals surface area contributed by atoms with E-state index in [-0.39, 0.29) is 23.6 Å². The minimum Gasteiger partial charge on any atom is -0.504 e. The molecular formula is C16H22O7P+. The highest BCUT2D eigenvalue weighted by atomic mass is 31.1. The molecule has 2 aromatic carbocycles. The van der Waals surface area contributed by atoms with Crippen molar-refractivity contribution in [2.45, 2.75) is 25.7 Å². The van der Waals surface area contributed by atoms with Crippen LogP contribution in [0, 0.1) is 0 Å². The van der Waals surface area contributed by atoms with Crippen LogP contribution in [0.2, 0.25) is 0 Å². The molecular weight excluding hydrogens is 335 g/mol. The highest BCUT2D eigenvalue weighted by Gasteiger charge is 2.22. The lowest BCUT2D eigenvalue weighted by molar-refractivity contribution is 0.274. The van der Waals surface area contributed by atoms with Gasteiger partial charge in [0.2, 0.25) is 5.75 Å². The molecule has 2 aromatic rings. The fraction of sp³-hybridized carbons (Fsp3) is 0.375. The third-order valence-electron chi connectivity index (χ3n) is 3.42. The molecule has 8 heteroatoms. The first kappa shape index (κ1) is 20.1. The number of hydrogen-bond acceptors (Lipinski definition) is 5. The van der Waals surface area contributed by atoms with Crippen molar-refractivity contribution in [3.05, 3.63) is 30.3 Å². The molecule has 132 valence electrons. The Morgan fingerprint density at radius 2 is 1.71 bits per heavy atom. The molecule has 2 rings (SSSR count). The van der Waals surface area contributed by atoms with Crippen LogP contribution in [0.4, 0.5) is 0 Å². The van der Waals surface area contributed by atoms with E-state index < -0.39 is 8.25 Å². The summed E-state index contributed by atoms with van der Waals surface area (Å²) < 4.78 is 21.5. The molecule has 0 saturated heterocycles. The maximum Gasteiger partial charge on any atom is 0.747 e. The lowest BCUT2D eigenvalue weighted by Gasteiger charge is -2.11. The van der Waals surface area contributed by atoms with Gasteiger partial charge in [0, 0.05) is 28.0 Å². The predicted octanol–water partition coefficient (Wildman–Crippen LogP) is 2.68. The fourth-order valence-electron chi connectivity index (χ4n) is 2.34. The third kappa shape index (κ3) is 5.32. The number of phenolic OH excluding ortho intramolecular Hbond substituents is 1.